The number of hydrazine groups is 1. The lowest BCUT2D eigenvalue weighted by atomic mass is 9.67. The van der Waals surface area contributed by atoms with E-state index in [-0.39, 0.29) is 5.41 Å². The molecule has 1 aliphatic rings. The van der Waals surface area contributed by atoms with Gasteiger partial charge >= 0.3 is 0 Å². The Morgan fingerprint density at radius 1 is 1.19 bits per heavy atom. The fraction of sp³-hybridized carbons (Fsp3) is 0.625. The minimum absolute atomic E-state index is 0.252. The summed E-state index contributed by atoms with van der Waals surface area (Å²) < 4.78 is 33.0. The Kier molecular flexibility index (Phi) is 4.66. The summed E-state index contributed by atoms with van der Waals surface area (Å²) in [7, 11) is 1.63. The molecule has 1 fully saturated rings. The van der Waals surface area contributed by atoms with E-state index in [0.717, 1.165) is 31.7 Å². The molecule has 3 nitrogen and oxygen atoms in total. The van der Waals surface area contributed by atoms with Gasteiger partial charge in [-0.15, -0.1) is 0 Å². The maximum Gasteiger partial charge on any atom is 0.131 e. The number of rotatable bonds is 4. The Labute approximate surface area is 124 Å². The average molecular weight is 298 g/mol. The van der Waals surface area contributed by atoms with Gasteiger partial charge in [0.1, 0.15) is 11.6 Å². The molecule has 0 heterocycles. The van der Waals surface area contributed by atoms with Crippen molar-refractivity contribution in [2.75, 3.05) is 7.11 Å². The molecule has 2 rings (SSSR count). The highest BCUT2D eigenvalue weighted by Gasteiger charge is 2.45. The quantitative estimate of drug-likeness (QED) is 0.661. The van der Waals surface area contributed by atoms with Crippen LogP contribution in [0.2, 0.25) is 0 Å². The Morgan fingerprint density at radius 2 is 1.81 bits per heavy atom. The normalized spacial score (nSPS) is 22.0. The molecule has 0 saturated heterocycles. The fourth-order valence-corrected chi connectivity index (χ4v) is 3.22. The minimum Gasteiger partial charge on any atom is -0.376 e. The Bertz CT molecular complexity index is 495. The van der Waals surface area contributed by atoms with Gasteiger partial charge in [0.25, 0.3) is 0 Å². The van der Waals surface area contributed by atoms with Crippen LogP contribution in [0.1, 0.15) is 51.1 Å². The van der Waals surface area contributed by atoms with Gasteiger partial charge in [0, 0.05) is 18.7 Å². The second kappa shape index (κ2) is 5.99. The highest BCUT2D eigenvalue weighted by molar-refractivity contribution is 5.25. The highest BCUT2D eigenvalue weighted by atomic mass is 19.1. The molecule has 0 radical (unpaired) electrons. The number of hydrogen-bond donors (Lipinski definition) is 2. The van der Waals surface area contributed by atoms with Crippen LogP contribution < -0.4 is 11.3 Å². The van der Waals surface area contributed by atoms with E-state index in [0.29, 0.717) is 5.56 Å². The molecule has 21 heavy (non-hydrogen) atoms. The van der Waals surface area contributed by atoms with E-state index >= 15 is 0 Å². The van der Waals surface area contributed by atoms with Crippen LogP contribution in [-0.4, -0.2) is 12.7 Å². The van der Waals surface area contributed by atoms with Crippen LogP contribution in [0.3, 0.4) is 0 Å². The predicted octanol–water partition coefficient (Wildman–Crippen LogP) is 3.45. The maximum atomic E-state index is 14.1. The van der Waals surface area contributed by atoms with Gasteiger partial charge in [-0.05, 0) is 37.2 Å². The molecule has 1 unspecified atom stereocenters. The monoisotopic (exact) mass is 298 g/mol. The third kappa shape index (κ3) is 3.25. The first-order valence-corrected chi connectivity index (χ1v) is 7.30. The van der Waals surface area contributed by atoms with E-state index in [1.165, 1.54) is 12.1 Å². The Hall–Kier alpha value is -1.04. The summed E-state index contributed by atoms with van der Waals surface area (Å²) in [5.74, 6) is 4.49. The summed E-state index contributed by atoms with van der Waals surface area (Å²) in [6, 6.07) is 3.07. The molecule has 0 aromatic heterocycles. The van der Waals surface area contributed by atoms with E-state index < -0.39 is 23.3 Å². The van der Waals surface area contributed by atoms with E-state index in [1.54, 1.807) is 7.11 Å². The van der Waals surface area contributed by atoms with E-state index in [1.807, 2.05) is 0 Å². The van der Waals surface area contributed by atoms with Crippen molar-refractivity contribution in [1.82, 2.24) is 5.43 Å². The molecule has 5 heteroatoms. The molecular formula is C16H24F2N2O. The first kappa shape index (κ1) is 16.3. The SMILES string of the molecule is COC1(C(NN)c2ccc(F)cc2F)CCC(C)(C)CC1. The van der Waals surface area contributed by atoms with E-state index in [2.05, 4.69) is 19.3 Å². The molecule has 118 valence electrons. The zero-order valence-corrected chi connectivity index (χ0v) is 12.9. The van der Waals surface area contributed by atoms with Crippen molar-refractivity contribution in [3.8, 4) is 0 Å². The third-order valence-electron chi connectivity index (χ3n) is 4.82. The molecule has 0 amide bonds. The maximum absolute atomic E-state index is 14.1. The molecule has 3 N–H and O–H groups in total. The number of nitrogens with two attached hydrogens (primary N) is 1. The van der Waals surface area contributed by atoms with Crippen LogP contribution in [0, 0.1) is 17.0 Å². The molecule has 0 bridgehead atoms. The van der Waals surface area contributed by atoms with Crippen molar-refractivity contribution in [1.29, 1.82) is 0 Å². The van der Waals surface area contributed by atoms with E-state index in [9.17, 15) is 8.78 Å². The summed E-state index contributed by atoms with van der Waals surface area (Å²) in [5.41, 5.74) is 2.71. The van der Waals surface area contributed by atoms with Gasteiger partial charge in [-0.1, -0.05) is 19.9 Å². The van der Waals surface area contributed by atoms with Crippen LogP contribution in [-0.2, 0) is 4.74 Å². The van der Waals surface area contributed by atoms with Crippen molar-refractivity contribution in [2.45, 2.75) is 51.2 Å². The van der Waals surface area contributed by atoms with Gasteiger partial charge in [-0.3, -0.25) is 5.84 Å². The largest absolute Gasteiger partial charge is 0.376 e. The molecule has 1 atom stereocenters. The van der Waals surface area contributed by atoms with Crippen molar-refractivity contribution in [2.24, 2.45) is 11.3 Å². The zero-order chi connectivity index (χ0) is 15.7. The Balaban J connectivity index is 2.34. The first-order valence-electron chi connectivity index (χ1n) is 7.30. The fourth-order valence-electron chi connectivity index (χ4n) is 3.22. The van der Waals surface area contributed by atoms with Crippen LogP contribution in [0.25, 0.3) is 0 Å². The second-order valence-corrected chi connectivity index (χ2v) is 6.70. The average Bonchev–Trinajstić information content (AvgIpc) is 2.44. The van der Waals surface area contributed by atoms with Crippen LogP contribution in [0.5, 0.6) is 0 Å². The minimum atomic E-state index is -0.598. The van der Waals surface area contributed by atoms with Gasteiger partial charge in [-0.2, -0.15) is 0 Å². The summed E-state index contributed by atoms with van der Waals surface area (Å²) in [6.07, 6.45) is 3.51. The summed E-state index contributed by atoms with van der Waals surface area (Å²) in [6.45, 7) is 4.44. The predicted molar refractivity (Wildman–Crippen MR) is 78.4 cm³/mol. The van der Waals surface area contributed by atoms with Crippen molar-refractivity contribution in [3.05, 3.63) is 35.4 Å². The topological polar surface area (TPSA) is 47.3 Å². The molecule has 1 aromatic rings. The van der Waals surface area contributed by atoms with Gasteiger partial charge in [0.2, 0.25) is 0 Å². The smallest absolute Gasteiger partial charge is 0.131 e. The second-order valence-electron chi connectivity index (χ2n) is 6.70. The van der Waals surface area contributed by atoms with Gasteiger partial charge in [0.05, 0.1) is 11.6 Å². The van der Waals surface area contributed by atoms with Crippen LogP contribution >= 0.6 is 0 Å². The van der Waals surface area contributed by atoms with Crippen molar-refractivity contribution >= 4 is 0 Å². The van der Waals surface area contributed by atoms with Crippen LogP contribution in [0.15, 0.2) is 18.2 Å². The lowest BCUT2D eigenvalue weighted by Crippen LogP contribution is -2.51. The number of nitrogens with one attached hydrogen (secondary N) is 1. The summed E-state index contributed by atoms with van der Waals surface area (Å²) >= 11 is 0. The van der Waals surface area contributed by atoms with Gasteiger partial charge in [0.15, 0.2) is 0 Å². The number of methoxy groups -OCH3 is 1. The summed E-state index contributed by atoms with van der Waals surface area (Å²) in [4.78, 5) is 0. The number of benzene rings is 1. The third-order valence-corrected chi connectivity index (χ3v) is 4.82. The zero-order valence-electron chi connectivity index (χ0n) is 12.9. The lowest BCUT2D eigenvalue weighted by molar-refractivity contribution is -0.0883. The van der Waals surface area contributed by atoms with E-state index in [4.69, 9.17) is 10.6 Å². The van der Waals surface area contributed by atoms with Crippen molar-refractivity contribution < 1.29 is 13.5 Å². The summed E-state index contributed by atoms with van der Waals surface area (Å²) in [5, 5.41) is 0. The number of hydrogen-bond acceptors (Lipinski definition) is 3. The molecule has 1 saturated carbocycles. The molecule has 1 aromatic carbocycles. The standard InChI is InChI=1S/C16H24F2N2O/c1-15(2)6-8-16(21-3,9-7-15)14(20-19)12-5-4-11(17)10-13(12)18/h4-5,10,14,20H,6-9,19H2,1-3H3. The highest BCUT2D eigenvalue weighted by Crippen LogP contribution is 2.47. The molecular weight excluding hydrogens is 274 g/mol. The van der Waals surface area contributed by atoms with Gasteiger partial charge in [-0.25, -0.2) is 14.2 Å². The number of ether oxygens (including phenoxy) is 1. The van der Waals surface area contributed by atoms with Crippen LogP contribution in [0.4, 0.5) is 8.78 Å². The van der Waals surface area contributed by atoms with Gasteiger partial charge < -0.3 is 4.74 Å². The lowest BCUT2D eigenvalue weighted by Gasteiger charge is -2.47. The number of halogens is 2. The first-order chi connectivity index (χ1) is 9.83. The molecule has 0 aliphatic heterocycles. The Morgan fingerprint density at radius 3 is 2.29 bits per heavy atom. The van der Waals surface area contributed by atoms with Crippen molar-refractivity contribution in [3.63, 3.8) is 0 Å². The molecule has 1 aliphatic carbocycles. The molecule has 0 spiro atoms.